The van der Waals surface area contributed by atoms with Crippen molar-refractivity contribution < 1.29 is 9.21 Å². The fraction of sp³-hybridized carbons (Fsp3) is 0.214. The number of furan rings is 1. The second-order valence-electron chi connectivity index (χ2n) is 4.01. The van der Waals surface area contributed by atoms with E-state index in [1.54, 1.807) is 12.3 Å². The summed E-state index contributed by atoms with van der Waals surface area (Å²) in [6, 6.07) is 7.54. The number of hydrogen-bond acceptors (Lipinski definition) is 2. The number of carbonyl (C=O) groups excluding carboxylic acids is 1. The third kappa shape index (κ3) is 1.67. The third-order valence-electron chi connectivity index (χ3n) is 2.92. The van der Waals surface area contributed by atoms with Crippen LogP contribution in [0.4, 0.5) is 0 Å². The largest absolute Gasteiger partial charge is 0.461 e. The minimum atomic E-state index is -0.0382. The van der Waals surface area contributed by atoms with E-state index in [0.29, 0.717) is 5.76 Å². The SMILES string of the molecule is Cc1ccoc1C(=O)c1cccc(C)c1C. The second kappa shape index (κ2) is 3.97. The van der Waals surface area contributed by atoms with Crippen LogP contribution in [0.3, 0.4) is 0 Å². The molecule has 0 bridgehead atoms. The van der Waals surface area contributed by atoms with E-state index in [-0.39, 0.29) is 5.78 Å². The molecule has 0 aliphatic heterocycles. The maximum atomic E-state index is 12.2. The molecule has 0 atom stereocenters. The summed E-state index contributed by atoms with van der Waals surface area (Å²) in [7, 11) is 0. The summed E-state index contributed by atoms with van der Waals surface area (Å²) < 4.78 is 5.23. The van der Waals surface area contributed by atoms with Crippen LogP contribution in [0.15, 0.2) is 34.9 Å². The van der Waals surface area contributed by atoms with E-state index in [2.05, 4.69) is 0 Å². The predicted molar refractivity (Wildman–Crippen MR) is 62.8 cm³/mol. The van der Waals surface area contributed by atoms with Gasteiger partial charge in [-0.3, -0.25) is 4.79 Å². The highest BCUT2D eigenvalue weighted by atomic mass is 16.3. The van der Waals surface area contributed by atoms with Gasteiger partial charge in [-0.25, -0.2) is 0 Å². The summed E-state index contributed by atoms with van der Waals surface area (Å²) in [6.07, 6.45) is 1.55. The van der Waals surface area contributed by atoms with Crippen molar-refractivity contribution in [3.05, 3.63) is 58.5 Å². The van der Waals surface area contributed by atoms with Crippen LogP contribution < -0.4 is 0 Å². The van der Waals surface area contributed by atoms with Crippen LogP contribution in [0.5, 0.6) is 0 Å². The molecular formula is C14H14O2. The molecule has 0 saturated heterocycles. The number of benzene rings is 1. The Bertz CT molecular complexity index is 535. The topological polar surface area (TPSA) is 30.2 Å². The van der Waals surface area contributed by atoms with Crippen molar-refractivity contribution in [3.8, 4) is 0 Å². The van der Waals surface area contributed by atoms with Gasteiger partial charge in [-0.2, -0.15) is 0 Å². The van der Waals surface area contributed by atoms with E-state index in [1.165, 1.54) is 0 Å². The minimum absolute atomic E-state index is 0.0382. The standard InChI is InChI=1S/C14H14O2/c1-9-5-4-6-12(11(9)3)13(15)14-10(2)7-8-16-14/h4-8H,1-3H3. The van der Waals surface area contributed by atoms with Crippen molar-refractivity contribution in [3.63, 3.8) is 0 Å². The number of rotatable bonds is 2. The molecule has 0 N–H and O–H groups in total. The van der Waals surface area contributed by atoms with E-state index in [0.717, 1.165) is 22.3 Å². The van der Waals surface area contributed by atoms with Gasteiger partial charge in [0.15, 0.2) is 5.76 Å². The van der Waals surface area contributed by atoms with Gasteiger partial charge in [0.25, 0.3) is 0 Å². The maximum Gasteiger partial charge on any atom is 0.228 e. The molecule has 1 aromatic carbocycles. The third-order valence-corrected chi connectivity index (χ3v) is 2.92. The Labute approximate surface area is 94.9 Å². The number of hydrogen-bond donors (Lipinski definition) is 0. The van der Waals surface area contributed by atoms with E-state index >= 15 is 0 Å². The van der Waals surface area contributed by atoms with Gasteiger partial charge in [0.1, 0.15) is 0 Å². The Balaban J connectivity index is 2.50. The summed E-state index contributed by atoms with van der Waals surface area (Å²) in [6.45, 7) is 5.84. The molecule has 16 heavy (non-hydrogen) atoms. The average molecular weight is 214 g/mol. The van der Waals surface area contributed by atoms with Gasteiger partial charge in [0.2, 0.25) is 5.78 Å². The van der Waals surface area contributed by atoms with Crippen LogP contribution in [-0.2, 0) is 0 Å². The Morgan fingerprint density at radius 2 is 1.81 bits per heavy atom. The van der Waals surface area contributed by atoms with Crippen LogP contribution in [0.1, 0.15) is 32.8 Å². The molecule has 0 fully saturated rings. The molecule has 0 radical (unpaired) electrons. The van der Waals surface area contributed by atoms with E-state index in [4.69, 9.17) is 4.42 Å². The maximum absolute atomic E-state index is 12.2. The first-order chi connectivity index (χ1) is 7.61. The average Bonchev–Trinajstić information content (AvgIpc) is 2.68. The normalized spacial score (nSPS) is 10.4. The molecule has 2 rings (SSSR count). The number of ketones is 1. The van der Waals surface area contributed by atoms with Crippen LogP contribution in [0.25, 0.3) is 0 Å². The predicted octanol–water partition coefficient (Wildman–Crippen LogP) is 3.44. The van der Waals surface area contributed by atoms with Gasteiger partial charge < -0.3 is 4.42 Å². The molecule has 82 valence electrons. The lowest BCUT2D eigenvalue weighted by molar-refractivity contribution is 0.101. The van der Waals surface area contributed by atoms with Crippen molar-refractivity contribution in [2.45, 2.75) is 20.8 Å². The molecule has 2 heteroatoms. The van der Waals surface area contributed by atoms with Crippen LogP contribution in [0.2, 0.25) is 0 Å². The van der Waals surface area contributed by atoms with Crippen molar-refractivity contribution in [2.75, 3.05) is 0 Å². The van der Waals surface area contributed by atoms with E-state index in [1.807, 2.05) is 39.0 Å². The smallest absolute Gasteiger partial charge is 0.228 e. The van der Waals surface area contributed by atoms with Crippen LogP contribution in [0, 0.1) is 20.8 Å². The first kappa shape index (κ1) is 10.7. The zero-order chi connectivity index (χ0) is 11.7. The quantitative estimate of drug-likeness (QED) is 0.717. The van der Waals surface area contributed by atoms with Gasteiger partial charge >= 0.3 is 0 Å². The lowest BCUT2D eigenvalue weighted by Crippen LogP contribution is -2.04. The minimum Gasteiger partial charge on any atom is -0.461 e. The fourth-order valence-electron chi connectivity index (χ4n) is 1.72. The summed E-state index contributed by atoms with van der Waals surface area (Å²) >= 11 is 0. The molecule has 2 nitrogen and oxygen atoms in total. The molecule has 0 unspecified atom stereocenters. The zero-order valence-electron chi connectivity index (χ0n) is 9.70. The molecule has 2 aromatic rings. The number of aryl methyl sites for hydroxylation is 2. The van der Waals surface area contributed by atoms with E-state index < -0.39 is 0 Å². The summed E-state index contributed by atoms with van der Waals surface area (Å²) in [5.41, 5.74) is 3.74. The Morgan fingerprint density at radius 1 is 1.06 bits per heavy atom. The van der Waals surface area contributed by atoms with Gasteiger partial charge in [0, 0.05) is 5.56 Å². The molecule has 0 spiro atoms. The molecule has 1 heterocycles. The Hall–Kier alpha value is -1.83. The summed E-state index contributed by atoms with van der Waals surface area (Å²) in [5.74, 6) is 0.400. The van der Waals surface area contributed by atoms with Crippen LogP contribution in [-0.4, -0.2) is 5.78 Å². The lowest BCUT2D eigenvalue weighted by Gasteiger charge is -2.06. The Morgan fingerprint density at radius 3 is 2.44 bits per heavy atom. The highest BCUT2D eigenvalue weighted by Crippen LogP contribution is 2.19. The molecular weight excluding hydrogens is 200 g/mol. The zero-order valence-corrected chi connectivity index (χ0v) is 9.70. The van der Waals surface area contributed by atoms with Gasteiger partial charge in [-0.1, -0.05) is 18.2 Å². The summed E-state index contributed by atoms with van der Waals surface area (Å²) in [4.78, 5) is 12.2. The first-order valence-electron chi connectivity index (χ1n) is 5.26. The molecule has 0 aliphatic carbocycles. The van der Waals surface area contributed by atoms with Crippen molar-refractivity contribution in [2.24, 2.45) is 0 Å². The van der Waals surface area contributed by atoms with Crippen molar-refractivity contribution in [1.82, 2.24) is 0 Å². The van der Waals surface area contributed by atoms with Crippen LogP contribution >= 0.6 is 0 Å². The lowest BCUT2D eigenvalue weighted by atomic mass is 9.98. The summed E-state index contributed by atoms with van der Waals surface area (Å²) in [5, 5.41) is 0. The molecule has 0 amide bonds. The fourth-order valence-corrected chi connectivity index (χ4v) is 1.72. The monoisotopic (exact) mass is 214 g/mol. The number of carbonyl (C=O) groups is 1. The van der Waals surface area contributed by atoms with Gasteiger partial charge in [0.05, 0.1) is 6.26 Å². The first-order valence-corrected chi connectivity index (χ1v) is 5.26. The molecule has 1 aromatic heterocycles. The Kier molecular flexibility index (Phi) is 2.65. The second-order valence-corrected chi connectivity index (χ2v) is 4.01. The van der Waals surface area contributed by atoms with Crippen molar-refractivity contribution >= 4 is 5.78 Å². The molecule has 0 saturated carbocycles. The van der Waals surface area contributed by atoms with Gasteiger partial charge in [-0.15, -0.1) is 0 Å². The van der Waals surface area contributed by atoms with Gasteiger partial charge in [-0.05, 0) is 43.5 Å². The highest BCUT2D eigenvalue weighted by Gasteiger charge is 2.17. The molecule has 0 aliphatic rings. The highest BCUT2D eigenvalue weighted by molar-refractivity contribution is 6.09. The van der Waals surface area contributed by atoms with E-state index in [9.17, 15) is 4.79 Å². The van der Waals surface area contributed by atoms with Crippen molar-refractivity contribution in [1.29, 1.82) is 0 Å².